The second-order valence-corrected chi connectivity index (χ2v) is 5.57. The number of rotatable bonds is 6. The molecule has 0 unspecified atom stereocenters. The van der Waals surface area contributed by atoms with E-state index in [-0.39, 0.29) is 17.2 Å². The SMILES string of the molecule is CCCn1nc(C(=O)NCCc2nnc3n2CCC3)ccc1=O. The van der Waals surface area contributed by atoms with Crippen LogP contribution in [0.2, 0.25) is 0 Å². The maximum absolute atomic E-state index is 12.1. The fraction of sp³-hybridized carbons (Fsp3) is 0.533. The molecule has 3 rings (SSSR count). The number of hydrogen-bond acceptors (Lipinski definition) is 5. The number of aryl methyl sites for hydroxylation is 2. The van der Waals surface area contributed by atoms with Gasteiger partial charge in [0.05, 0.1) is 0 Å². The molecule has 0 spiro atoms. The smallest absolute Gasteiger partial charge is 0.271 e. The van der Waals surface area contributed by atoms with E-state index in [0.29, 0.717) is 19.5 Å². The molecule has 0 radical (unpaired) electrons. The zero-order chi connectivity index (χ0) is 16.2. The van der Waals surface area contributed by atoms with E-state index in [4.69, 9.17) is 0 Å². The van der Waals surface area contributed by atoms with Crippen molar-refractivity contribution in [3.8, 4) is 0 Å². The van der Waals surface area contributed by atoms with E-state index in [9.17, 15) is 9.59 Å². The van der Waals surface area contributed by atoms with Gasteiger partial charge in [-0.25, -0.2) is 4.68 Å². The average molecular weight is 316 g/mol. The Morgan fingerprint density at radius 1 is 1.35 bits per heavy atom. The summed E-state index contributed by atoms with van der Waals surface area (Å²) in [6.45, 7) is 3.88. The Balaban J connectivity index is 1.59. The minimum Gasteiger partial charge on any atom is -0.350 e. The summed E-state index contributed by atoms with van der Waals surface area (Å²) in [7, 11) is 0. The van der Waals surface area contributed by atoms with Crippen LogP contribution in [0.4, 0.5) is 0 Å². The van der Waals surface area contributed by atoms with Crippen LogP contribution < -0.4 is 10.9 Å². The van der Waals surface area contributed by atoms with Crippen LogP contribution in [0.1, 0.15) is 41.9 Å². The summed E-state index contributed by atoms with van der Waals surface area (Å²) in [6.07, 6.45) is 3.50. The molecule has 23 heavy (non-hydrogen) atoms. The molecule has 8 heteroatoms. The first-order valence-corrected chi connectivity index (χ1v) is 7.96. The van der Waals surface area contributed by atoms with E-state index in [1.807, 2.05) is 6.92 Å². The van der Waals surface area contributed by atoms with Gasteiger partial charge in [-0.15, -0.1) is 10.2 Å². The summed E-state index contributed by atoms with van der Waals surface area (Å²) in [5.74, 6) is 1.65. The Labute approximate surface area is 133 Å². The van der Waals surface area contributed by atoms with E-state index >= 15 is 0 Å². The lowest BCUT2D eigenvalue weighted by Gasteiger charge is -2.07. The van der Waals surface area contributed by atoms with Crippen molar-refractivity contribution in [2.24, 2.45) is 0 Å². The minimum atomic E-state index is -0.281. The number of nitrogens with one attached hydrogen (secondary N) is 1. The lowest BCUT2D eigenvalue weighted by Crippen LogP contribution is -2.31. The standard InChI is InChI=1S/C15H20N6O2/c1-2-9-21-14(22)6-5-11(19-21)15(23)16-8-7-13-18-17-12-4-3-10-20(12)13/h5-6H,2-4,7-10H2,1H3,(H,16,23). The van der Waals surface area contributed by atoms with Crippen LogP contribution in [0.25, 0.3) is 0 Å². The van der Waals surface area contributed by atoms with Crippen LogP contribution >= 0.6 is 0 Å². The molecule has 0 saturated heterocycles. The van der Waals surface area contributed by atoms with E-state index < -0.39 is 0 Å². The Hall–Kier alpha value is -2.51. The van der Waals surface area contributed by atoms with Gasteiger partial charge in [-0.3, -0.25) is 9.59 Å². The average Bonchev–Trinajstić information content (AvgIpc) is 3.14. The van der Waals surface area contributed by atoms with Crippen molar-refractivity contribution >= 4 is 5.91 Å². The van der Waals surface area contributed by atoms with Gasteiger partial charge < -0.3 is 9.88 Å². The van der Waals surface area contributed by atoms with Crippen molar-refractivity contribution in [2.45, 2.75) is 45.7 Å². The Morgan fingerprint density at radius 2 is 2.22 bits per heavy atom. The fourth-order valence-electron chi connectivity index (χ4n) is 2.72. The van der Waals surface area contributed by atoms with Gasteiger partial charge in [0.25, 0.3) is 11.5 Å². The molecule has 1 aliphatic rings. The van der Waals surface area contributed by atoms with Crippen LogP contribution in [-0.2, 0) is 25.9 Å². The second-order valence-electron chi connectivity index (χ2n) is 5.57. The first-order valence-electron chi connectivity index (χ1n) is 7.96. The van der Waals surface area contributed by atoms with E-state index in [2.05, 4.69) is 25.2 Å². The van der Waals surface area contributed by atoms with Crippen LogP contribution in [0.15, 0.2) is 16.9 Å². The fourth-order valence-corrected chi connectivity index (χ4v) is 2.72. The first-order chi connectivity index (χ1) is 11.2. The van der Waals surface area contributed by atoms with Crippen molar-refractivity contribution in [3.05, 3.63) is 39.8 Å². The molecular weight excluding hydrogens is 296 g/mol. The van der Waals surface area contributed by atoms with Gasteiger partial charge in [0.2, 0.25) is 0 Å². The van der Waals surface area contributed by atoms with Gasteiger partial charge in [0.15, 0.2) is 0 Å². The van der Waals surface area contributed by atoms with E-state index in [1.165, 1.54) is 16.8 Å². The van der Waals surface area contributed by atoms with Gasteiger partial charge in [-0.05, 0) is 18.9 Å². The predicted molar refractivity (Wildman–Crippen MR) is 83.2 cm³/mol. The molecule has 0 atom stereocenters. The highest BCUT2D eigenvalue weighted by molar-refractivity contribution is 5.91. The Morgan fingerprint density at radius 3 is 3.04 bits per heavy atom. The summed E-state index contributed by atoms with van der Waals surface area (Å²) in [5.41, 5.74) is 0.0620. The number of carbonyl (C=O) groups excluding carboxylic acids is 1. The third-order valence-corrected chi connectivity index (χ3v) is 3.85. The predicted octanol–water partition coefficient (Wildman–Crippen LogP) is 0.163. The van der Waals surface area contributed by atoms with Crippen molar-refractivity contribution in [1.29, 1.82) is 0 Å². The number of carbonyl (C=O) groups is 1. The lowest BCUT2D eigenvalue weighted by atomic mass is 10.3. The highest BCUT2D eigenvalue weighted by Gasteiger charge is 2.17. The Kier molecular flexibility index (Phi) is 4.50. The zero-order valence-electron chi connectivity index (χ0n) is 13.2. The highest BCUT2D eigenvalue weighted by Crippen LogP contribution is 2.13. The van der Waals surface area contributed by atoms with Gasteiger partial charge in [0, 0.05) is 38.5 Å². The highest BCUT2D eigenvalue weighted by atomic mass is 16.2. The zero-order valence-corrected chi connectivity index (χ0v) is 13.2. The largest absolute Gasteiger partial charge is 0.350 e. The number of amides is 1. The molecule has 122 valence electrons. The number of aromatic nitrogens is 5. The first kappa shape index (κ1) is 15.4. The molecule has 0 aliphatic carbocycles. The maximum Gasteiger partial charge on any atom is 0.271 e. The third kappa shape index (κ3) is 3.30. The summed E-state index contributed by atoms with van der Waals surface area (Å²) >= 11 is 0. The van der Waals surface area contributed by atoms with E-state index in [0.717, 1.165) is 37.5 Å². The van der Waals surface area contributed by atoms with Gasteiger partial charge in [0.1, 0.15) is 17.3 Å². The molecule has 0 bridgehead atoms. The summed E-state index contributed by atoms with van der Waals surface area (Å²) < 4.78 is 3.44. The molecule has 8 nitrogen and oxygen atoms in total. The molecule has 0 fully saturated rings. The van der Waals surface area contributed by atoms with Gasteiger partial charge in [-0.2, -0.15) is 5.10 Å². The van der Waals surface area contributed by atoms with Crippen LogP contribution in [0.5, 0.6) is 0 Å². The Bertz CT molecular complexity index is 764. The second kappa shape index (κ2) is 6.72. The number of nitrogens with zero attached hydrogens (tertiary/aromatic N) is 5. The molecule has 0 aromatic carbocycles. The maximum atomic E-state index is 12.1. The van der Waals surface area contributed by atoms with Crippen molar-refractivity contribution in [3.63, 3.8) is 0 Å². The molecule has 3 heterocycles. The van der Waals surface area contributed by atoms with Crippen molar-refractivity contribution in [1.82, 2.24) is 29.9 Å². The lowest BCUT2D eigenvalue weighted by molar-refractivity contribution is 0.0946. The monoisotopic (exact) mass is 316 g/mol. The van der Waals surface area contributed by atoms with Gasteiger partial charge >= 0.3 is 0 Å². The van der Waals surface area contributed by atoms with Crippen molar-refractivity contribution in [2.75, 3.05) is 6.54 Å². The molecule has 1 amide bonds. The minimum absolute atomic E-state index is 0.192. The third-order valence-electron chi connectivity index (χ3n) is 3.85. The van der Waals surface area contributed by atoms with Gasteiger partial charge in [-0.1, -0.05) is 6.92 Å². The molecule has 0 saturated carbocycles. The normalized spacial score (nSPS) is 13.1. The van der Waals surface area contributed by atoms with E-state index in [1.54, 1.807) is 0 Å². The quantitative estimate of drug-likeness (QED) is 0.819. The molecule has 1 aliphatic heterocycles. The number of hydrogen-bond donors (Lipinski definition) is 1. The van der Waals surface area contributed by atoms with Crippen LogP contribution in [-0.4, -0.2) is 37.0 Å². The van der Waals surface area contributed by atoms with Crippen LogP contribution in [0.3, 0.4) is 0 Å². The summed E-state index contributed by atoms with van der Waals surface area (Å²) in [5, 5.41) is 15.2. The number of fused-ring (bicyclic) bond motifs is 1. The molecule has 2 aromatic rings. The topological polar surface area (TPSA) is 94.7 Å². The molecular formula is C15H20N6O2. The summed E-state index contributed by atoms with van der Waals surface area (Å²) in [6, 6.07) is 2.83. The van der Waals surface area contributed by atoms with Crippen molar-refractivity contribution < 1.29 is 4.79 Å². The molecule has 1 N–H and O–H groups in total. The summed E-state index contributed by atoms with van der Waals surface area (Å²) in [4.78, 5) is 23.8. The molecule has 2 aromatic heterocycles. The van der Waals surface area contributed by atoms with Crippen LogP contribution in [0, 0.1) is 0 Å².